The van der Waals surface area contributed by atoms with Crippen molar-refractivity contribution in [2.24, 2.45) is 22.1 Å². The Hall–Kier alpha value is -4.58. The van der Waals surface area contributed by atoms with Gasteiger partial charge in [-0.25, -0.2) is 0 Å². The molecule has 0 unspecified atom stereocenters. The number of benzene rings is 4. The molecule has 0 aliphatic rings. The molecule has 6 heteroatoms. The highest BCUT2D eigenvalue weighted by molar-refractivity contribution is 6.05. The summed E-state index contributed by atoms with van der Waals surface area (Å²) in [6, 6.07) is 29.1. The molecule has 0 fully saturated rings. The summed E-state index contributed by atoms with van der Waals surface area (Å²) in [5.74, 6) is 1.34. The van der Waals surface area contributed by atoms with E-state index < -0.39 is 0 Å². The van der Waals surface area contributed by atoms with E-state index in [0.29, 0.717) is 33.9 Å². The number of hydrogen-bond acceptors (Lipinski definition) is 4. The van der Waals surface area contributed by atoms with Gasteiger partial charge < -0.3 is 10.6 Å². The number of rotatable bonds is 6. The van der Waals surface area contributed by atoms with Crippen molar-refractivity contribution in [3.05, 3.63) is 119 Å². The summed E-state index contributed by atoms with van der Waals surface area (Å²) in [5, 5.41) is 14.2. The number of amides is 2. The van der Waals surface area contributed by atoms with Crippen molar-refractivity contribution < 1.29 is 9.59 Å². The number of nitrogens with zero attached hydrogens (tertiary/aromatic N) is 2. The van der Waals surface area contributed by atoms with Crippen molar-refractivity contribution in [3.63, 3.8) is 0 Å². The monoisotopic (exact) mass is 564 g/mol. The maximum Gasteiger partial charge on any atom is 0.255 e. The van der Waals surface area contributed by atoms with Crippen molar-refractivity contribution in [1.29, 1.82) is 0 Å². The first kappa shape index (κ1) is 33.6. The second-order valence-corrected chi connectivity index (χ2v) is 11.4. The van der Waals surface area contributed by atoms with Crippen LogP contribution in [0.5, 0.6) is 0 Å². The highest BCUT2D eigenvalue weighted by atomic mass is 16.2. The van der Waals surface area contributed by atoms with Crippen LogP contribution >= 0.6 is 0 Å². The smallest absolute Gasteiger partial charge is 0.255 e. The molecule has 0 aromatic heterocycles. The second kappa shape index (κ2) is 17.3. The van der Waals surface area contributed by atoms with Crippen LogP contribution in [-0.4, -0.2) is 11.8 Å². The number of hydrogen-bond donors (Lipinski definition) is 2. The van der Waals surface area contributed by atoms with Crippen LogP contribution in [0.4, 0.5) is 22.7 Å². The van der Waals surface area contributed by atoms with Crippen molar-refractivity contribution >= 4 is 34.6 Å². The first-order valence-corrected chi connectivity index (χ1v) is 14.3. The summed E-state index contributed by atoms with van der Waals surface area (Å²) in [6.45, 7) is 17.0. The standard InChI is InChI=1S/C28H24N4O2.2C4H10/c1-19-3-7-21(8-4-19)27(33)29-23-11-15-25(16-12-23)31-32-26-17-13-24(14-18-26)30-28(34)22-9-5-20(2)6-10-22;2*1-4(2)3/h3-18H,1-2H3,(H,29,33)(H,30,34);2*4H,1-3H3. The van der Waals surface area contributed by atoms with Gasteiger partial charge >= 0.3 is 0 Å². The van der Waals surface area contributed by atoms with Crippen molar-refractivity contribution in [2.75, 3.05) is 10.6 Å². The third-order valence-corrected chi connectivity index (χ3v) is 5.16. The Bertz CT molecular complexity index is 1290. The number of carbonyl (C=O) groups excluding carboxylic acids is 2. The maximum atomic E-state index is 12.3. The summed E-state index contributed by atoms with van der Waals surface area (Å²) in [4.78, 5) is 24.7. The molecule has 0 radical (unpaired) electrons. The van der Waals surface area contributed by atoms with Gasteiger partial charge in [0.25, 0.3) is 11.8 Å². The average Bonchev–Trinajstić information content (AvgIpc) is 2.93. The fourth-order valence-electron chi connectivity index (χ4n) is 3.15. The molecule has 2 amide bonds. The summed E-state index contributed by atoms with van der Waals surface area (Å²) >= 11 is 0. The predicted octanol–water partition coefficient (Wildman–Crippen LogP) is 10.5. The van der Waals surface area contributed by atoms with Gasteiger partial charge in [0.05, 0.1) is 11.4 Å². The zero-order valence-corrected chi connectivity index (χ0v) is 26.1. The number of azo groups is 1. The number of aryl methyl sites for hydroxylation is 2. The van der Waals surface area contributed by atoms with E-state index in [-0.39, 0.29) is 11.8 Å². The molecule has 0 aliphatic carbocycles. The highest BCUT2D eigenvalue weighted by Gasteiger charge is 2.07. The van der Waals surface area contributed by atoms with Crippen LogP contribution in [-0.2, 0) is 0 Å². The van der Waals surface area contributed by atoms with Gasteiger partial charge in [-0.15, -0.1) is 0 Å². The molecule has 4 aromatic rings. The molecular weight excluding hydrogens is 520 g/mol. The van der Waals surface area contributed by atoms with E-state index >= 15 is 0 Å². The van der Waals surface area contributed by atoms with Gasteiger partial charge in [0.15, 0.2) is 0 Å². The van der Waals surface area contributed by atoms with Crippen LogP contribution in [0.2, 0.25) is 0 Å². The second-order valence-electron chi connectivity index (χ2n) is 11.4. The molecule has 0 heterocycles. The summed E-state index contributed by atoms with van der Waals surface area (Å²) in [5.41, 5.74) is 6.09. The van der Waals surface area contributed by atoms with Gasteiger partial charge in [0.1, 0.15) is 0 Å². The molecule has 4 rings (SSSR count). The minimum atomic E-state index is -0.163. The van der Waals surface area contributed by atoms with Gasteiger partial charge in [-0.3, -0.25) is 9.59 Å². The molecule has 0 aliphatic heterocycles. The van der Waals surface area contributed by atoms with Crippen molar-refractivity contribution in [3.8, 4) is 0 Å². The first-order valence-electron chi connectivity index (χ1n) is 14.3. The van der Waals surface area contributed by atoms with Crippen molar-refractivity contribution in [1.82, 2.24) is 0 Å². The Morgan fingerprint density at radius 2 is 0.738 bits per heavy atom. The lowest BCUT2D eigenvalue weighted by atomic mass is 10.1. The zero-order valence-electron chi connectivity index (χ0n) is 26.1. The van der Waals surface area contributed by atoms with Crippen LogP contribution in [0.25, 0.3) is 0 Å². The number of anilines is 2. The van der Waals surface area contributed by atoms with Gasteiger partial charge in [-0.1, -0.05) is 76.9 Å². The fourth-order valence-corrected chi connectivity index (χ4v) is 3.15. The normalized spacial score (nSPS) is 10.4. The Morgan fingerprint density at radius 1 is 0.476 bits per heavy atom. The third kappa shape index (κ3) is 13.2. The van der Waals surface area contributed by atoms with E-state index in [1.165, 1.54) is 0 Å². The van der Waals surface area contributed by atoms with Crippen LogP contribution in [0.15, 0.2) is 107 Å². The molecule has 0 saturated heterocycles. The summed E-state index contributed by atoms with van der Waals surface area (Å²) in [7, 11) is 0. The lowest BCUT2D eigenvalue weighted by Crippen LogP contribution is -2.11. The average molecular weight is 565 g/mol. The Kier molecular flexibility index (Phi) is 13.8. The minimum absolute atomic E-state index is 0.163. The minimum Gasteiger partial charge on any atom is -0.322 e. The molecule has 2 N–H and O–H groups in total. The Balaban J connectivity index is 0.000000686. The summed E-state index contributed by atoms with van der Waals surface area (Å²) in [6.07, 6.45) is 0. The van der Waals surface area contributed by atoms with E-state index in [4.69, 9.17) is 0 Å². The van der Waals surface area contributed by atoms with Crippen LogP contribution in [0.1, 0.15) is 73.4 Å². The molecule has 6 nitrogen and oxygen atoms in total. The summed E-state index contributed by atoms with van der Waals surface area (Å²) < 4.78 is 0. The van der Waals surface area contributed by atoms with Gasteiger partial charge in [0, 0.05) is 22.5 Å². The fraction of sp³-hybridized carbons (Fsp3) is 0.278. The predicted molar refractivity (Wildman–Crippen MR) is 176 cm³/mol. The SMILES string of the molecule is CC(C)C.CC(C)C.Cc1ccc(C(=O)Nc2ccc(N=Nc3ccc(NC(=O)c4ccc(C)cc4)cc3)cc2)cc1. The van der Waals surface area contributed by atoms with Gasteiger partial charge in [-0.2, -0.15) is 10.2 Å². The first-order chi connectivity index (χ1) is 19.9. The van der Waals surface area contributed by atoms with E-state index in [1.54, 1.807) is 72.8 Å². The van der Waals surface area contributed by atoms with Crippen LogP contribution in [0, 0.1) is 25.7 Å². The van der Waals surface area contributed by atoms with E-state index in [9.17, 15) is 9.59 Å². The van der Waals surface area contributed by atoms with Crippen molar-refractivity contribution in [2.45, 2.75) is 55.4 Å². The van der Waals surface area contributed by atoms with E-state index in [1.807, 2.05) is 38.1 Å². The molecule has 42 heavy (non-hydrogen) atoms. The third-order valence-electron chi connectivity index (χ3n) is 5.16. The number of carbonyl (C=O) groups is 2. The van der Waals surface area contributed by atoms with E-state index in [0.717, 1.165) is 23.0 Å². The molecule has 0 bridgehead atoms. The molecule has 0 spiro atoms. The molecule has 220 valence electrons. The topological polar surface area (TPSA) is 82.9 Å². The molecule has 0 atom stereocenters. The van der Waals surface area contributed by atoms with Gasteiger partial charge in [0.2, 0.25) is 0 Å². The van der Waals surface area contributed by atoms with Gasteiger partial charge in [-0.05, 0) is 98.5 Å². The lowest BCUT2D eigenvalue weighted by Gasteiger charge is -2.06. The van der Waals surface area contributed by atoms with Crippen LogP contribution in [0.3, 0.4) is 0 Å². The molecule has 4 aromatic carbocycles. The maximum absolute atomic E-state index is 12.3. The lowest BCUT2D eigenvalue weighted by molar-refractivity contribution is 0.101. The quantitative estimate of drug-likeness (QED) is 0.228. The Morgan fingerprint density at radius 3 is 1.00 bits per heavy atom. The largest absolute Gasteiger partial charge is 0.322 e. The number of nitrogens with one attached hydrogen (secondary N) is 2. The molecule has 0 saturated carbocycles. The van der Waals surface area contributed by atoms with E-state index in [2.05, 4.69) is 62.4 Å². The zero-order chi connectivity index (χ0) is 31.1. The van der Waals surface area contributed by atoms with Crippen LogP contribution < -0.4 is 10.6 Å². The Labute approximate surface area is 251 Å². The highest BCUT2D eigenvalue weighted by Crippen LogP contribution is 2.22. The molecular formula is C36H44N4O2.